The predicted octanol–water partition coefficient (Wildman–Crippen LogP) is 6.27. The molecule has 0 saturated heterocycles. The number of ether oxygens (including phenoxy) is 1. The first-order valence-corrected chi connectivity index (χ1v) is 11.8. The molecular formula is C27H22N4O2S. The van der Waals surface area contributed by atoms with Crippen molar-refractivity contribution in [3.8, 4) is 33.8 Å². The van der Waals surface area contributed by atoms with Crippen LogP contribution in [-0.2, 0) is 19.6 Å². The summed E-state index contributed by atoms with van der Waals surface area (Å²) in [6, 6.07) is 24.0. The average molecular weight is 467 g/mol. The highest BCUT2D eigenvalue weighted by Gasteiger charge is 2.13. The third-order valence-corrected chi connectivity index (χ3v) is 6.30. The third-order valence-electron chi connectivity index (χ3n) is 5.42. The van der Waals surface area contributed by atoms with Crippen LogP contribution < -0.4 is 4.74 Å². The number of oxazole rings is 1. The molecule has 3 heterocycles. The van der Waals surface area contributed by atoms with Gasteiger partial charge < -0.3 is 9.15 Å². The minimum atomic E-state index is 0.336. The minimum Gasteiger partial charge on any atom is -0.487 e. The molecule has 0 aliphatic heterocycles. The predicted molar refractivity (Wildman–Crippen MR) is 131 cm³/mol. The van der Waals surface area contributed by atoms with E-state index in [1.165, 1.54) is 0 Å². The van der Waals surface area contributed by atoms with Gasteiger partial charge in [-0.1, -0.05) is 36.4 Å². The summed E-state index contributed by atoms with van der Waals surface area (Å²) in [5.74, 6) is 2.12. The number of hydrogen-bond acceptors (Lipinski definition) is 6. The largest absolute Gasteiger partial charge is 0.487 e. The van der Waals surface area contributed by atoms with E-state index in [4.69, 9.17) is 14.3 Å². The van der Waals surface area contributed by atoms with E-state index < -0.39 is 0 Å². The van der Waals surface area contributed by atoms with Crippen molar-refractivity contribution >= 4 is 11.3 Å². The maximum atomic E-state index is 9.17. The Hall–Kier alpha value is -4.15. The molecule has 0 saturated carbocycles. The SMILES string of the molecule is Cc1oc(-c2ccccc2)nc1COc1ccc(Cn2cc(CC#N)c(-c3cccs3)n2)cc1. The van der Waals surface area contributed by atoms with Gasteiger partial charge in [0.05, 0.1) is 23.9 Å². The molecule has 34 heavy (non-hydrogen) atoms. The maximum Gasteiger partial charge on any atom is 0.226 e. The van der Waals surface area contributed by atoms with E-state index in [2.05, 4.69) is 11.1 Å². The Bertz CT molecular complexity index is 1410. The van der Waals surface area contributed by atoms with E-state index in [0.717, 1.165) is 44.5 Å². The van der Waals surface area contributed by atoms with Crippen molar-refractivity contribution in [3.63, 3.8) is 0 Å². The van der Waals surface area contributed by atoms with E-state index in [1.807, 2.05) is 89.9 Å². The smallest absolute Gasteiger partial charge is 0.226 e. The fourth-order valence-corrected chi connectivity index (χ4v) is 4.42. The van der Waals surface area contributed by atoms with Gasteiger partial charge in [0.2, 0.25) is 5.89 Å². The summed E-state index contributed by atoms with van der Waals surface area (Å²) in [6.45, 7) is 2.85. The Labute approximate surface area is 201 Å². The number of aromatic nitrogens is 3. The van der Waals surface area contributed by atoms with Crippen LogP contribution in [-0.4, -0.2) is 14.8 Å². The summed E-state index contributed by atoms with van der Waals surface area (Å²) in [6.07, 6.45) is 2.30. The monoisotopic (exact) mass is 466 g/mol. The zero-order chi connectivity index (χ0) is 23.3. The third kappa shape index (κ3) is 4.77. The Kier molecular flexibility index (Phi) is 6.23. The number of rotatable bonds is 8. The number of benzene rings is 2. The highest BCUT2D eigenvalue weighted by molar-refractivity contribution is 7.13. The lowest BCUT2D eigenvalue weighted by molar-refractivity contribution is 0.299. The van der Waals surface area contributed by atoms with Crippen LogP contribution in [0.4, 0.5) is 0 Å². The average Bonchev–Trinajstić information content (AvgIpc) is 3.60. The summed E-state index contributed by atoms with van der Waals surface area (Å²) in [5.41, 5.74) is 4.66. The lowest BCUT2D eigenvalue weighted by Crippen LogP contribution is -2.01. The number of nitriles is 1. The Morgan fingerprint density at radius 1 is 1.06 bits per heavy atom. The van der Waals surface area contributed by atoms with Crippen LogP contribution in [0.5, 0.6) is 5.75 Å². The second kappa shape index (κ2) is 9.77. The van der Waals surface area contributed by atoms with E-state index in [9.17, 15) is 5.26 Å². The molecule has 2 aromatic carbocycles. The molecule has 3 aromatic heterocycles. The molecule has 0 spiro atoms. The van der Waals surface area contributed by atoms with Gasteiger partial charge in [0.1, 0.15) is 29.5 Å². The summed E-state index contributed by atoms with van der Waals surface area (Å²) < 4.78 is 13.7. The molecule has 0 radical (unpaired) electrons. The molecule has 7 heteroatoms. The molecule has 0 aliphatic carbocycles. The zero-order valence-electron chi connectivity index (χ0n) is 18.6. The standard InChI is InChI=1S/C27H22N4O2S/c1-19-24(29-27(33-19)21-6-3-2-4-7-21)18-32-23-11-9-20(10-12-23)16-31-17-22(13-14-28)26(30-31)25-8-5-15-34-25/h2-12,15,17H,13,16,18H2,1H3. The van der Waals surface area contributed by atoms with Gasteiger partial charge in [-0.25, -0.2) is 4.98 Å². The molecule has 0 bridgehead atoms. The normalized spacial score (nSPS) is 10.8. The summed E-state index contributed by atoms with van der Waals surface area (Å²) in [7, 11) is 0. The van der Waals surface area contributed by atoms with Gasteiger partial charge >= 0.3 is 0 Å². The second-order valence-corrected chi connectivity index (χ2v) is 8.78. The van der Waals surface area contributed by atoms with Gasteiger partial charge in [-0.15, -0.1) is 11.3 Å². The van der Waals surface area contributed by atoms with Crippen molar-refractivity contribution in [2.75, 3.05) is 0 Å². The van der Waals surface area contributed by atoms with Gasteiger partial charge in [-0.2, -0.15) is 10.4 Å². The first-order valence-electron chi connectivity index (χ1n) is 10.9. The number of hydrogen-bond donors (Lipinski definition) is 0. The summed E-state index contributed by atoms with van der Waals surface area (Å²) in [4.78, 5) is 5.67. The highest BCUT2D eigenvalue weighted by Crippen LogP contribution is 2.27. The van der Waals surface area contributed by atoms with Crippen LogP contribution in [0.15, 0.2) is 82.7 Å². The molecule has 0 amide bonds. The van der Waals surface area contributed by atoms with Crippen LogP contribution in [0.2, 0.25) is 0 Å². The lowest BCUT2D eigenvalue weighted by atomic mass is 10.2. The molecule has 0 aliphatic rings. The van der Waals surface area contributed by atoms with Crippen molar-refractivity contribution in [2.45, 2.75) is 26.5 Å². The summed E-state index contributed by atoms with van der Waals surface area (Å²) in [5, 5.41) is 15.9. The lowest BCUT2D eigenvalue weighted by Gasteiger charge is -2.06. The van der Waals surface area contributed by atoms with Crippen LogP contribution in [0.25, 0.3) is 22.0 Å². The van der Waals surface area contributed by atoms with Crippen molar-refractivity contribution in [2.24, 2.45) is 0 Å². The molecule has 168 valence electrons. The fraction of sp³-hybridized carbons (Fsp3) is 0.148. The number of nitrogens with zero attached hydrogens (tertiary/aromatic N) is 4. The Morgan fingerprint density at radius 3 is 2.62 bits per heavy atom. The summed E-state index contributed by atoms with van der Waals surface area (Å²) >= 11 is 1.63. The Balaban J connectivity index is 1.24. The van der Waals surface area contributed by atoms with E-state index >= 15 is 0 Å². The zero-order valence-corrected chi connectivity index (χ0v) is 19.5. The first-order chi connectivity index (χ1) is 16.7. The molecule has 0 N–H and O–H groups in total. The topological polar surface area (TPSA) is 76.9 Å². The van der Waals surface area contributed by atoms with Crippen molar-refractivity contribution in [1.82, 2.24) is 14.8 Å². The van der Waals surface area contributed by atoms with Gasteiger partial charge in [-0.3, -0.25) is 4.68 Å². The fourth-order valence-electron chi connectivity index (χ4n) is 3.67. The number of thiophene rings is 1. The van der Waals surface area contributed by atoms with E-state index in [-0.39, 0.29) is 0 Å². The molecule has 6 nitrogen and oxygen atoms in total. The molecule has 0 fully saturated rings. The molecular weight excluding hydrogens is 444 g/mol. The quantitative estimate of drug-likeness (QED) is 0.269. The molecule has 0 unspecified atom stereocenters. The van der Waals surface area contributed by atoms with E-state index in [1.54, 1.807) is 11.3 Å². The first kappa shape index (κ1) is 21.7. The van der Waals surface area contributed by atoms with Crippen LogP contribution in [0, 0.1) is 18.3 Å². The van der Waals surface area contributed by atoms with Crippen LogP contribution in [0.3, 0.4) is 0 Å². The van der Waals surface area contributed by atoms with Crippen LogP contribution >= 0.6 is 11.3 Å². The molecule has 5 rings (SSSR count). The van der Waals surface area contributed by atoms with Gasteiger partial charge in [0, 0.05) is 17.3 Å². The van der Waals surface area contributed by atoms with Gasteiger partial charge in [0.25, 0.3) is 0 Å². The van der Waals surface area contributed by atoms with Gasteiger partial charge in [0.15, 0.2) is 0 Å². The molecule has 0 atom stereocenters. The maximum absolute atomic E-state index is 9.17. The van der Waals surface area contributed by atoms with Crippen molar-refractivity contribution in [3.05, 3.63) is 101 Å². The van der Waals surface area contributed by atoms with Crippen LogP contribution in [0.1, 0.15) is 22.6 Å². The molecule has 5 aromatic rings. The highest BCUT2D eigenvalue weighted by atomic mass is 32.1. The van der Waals surface area contributed by atoms with E-state index in [0.29, 0.717) is 25.5 Å². The Morgan fingerprint density at radius 2 is 1.88 bits per heavy atom. The van der Waals surface area contributed by atoms with Gasteiger partial charge in [-0.05, 0) is 48.2 Å². The number of aryl methyl sites for hydroxylation is 1. The van der Waals surface area contributed by atoms with Crippen molar-refractivity contribution < 1.29 is 9.15 Å². The van der Waals surface area contributed by atoms with Crippen molar-refractivity contribution in [1.29, 1.82) is 5.26 Å². The second-order valence-electron chi connectivity index (χ2n) is 7.83. The minimum absolute atomic E-state index is 0.336.